The number of hydrogen-bond acceptors (Lipinski definition) is 4. The van der Waals surface area contributed by atoms with Crippen LogP contribution in [0, 0.1) is 0 Å². The fourth-order valence-electron chi connectivity index (χ4n) is 1.74. The lowest BCUT2D eigenvalue weighted by molar-refractivity contribution is 0.112. The molecule has 1 aromatic rings. The number of nitrogens with zero attached hydrogens (tertiary/aromatic N) is 2. The summed E-state index contributed by atoms with van der Waals surface area (Å²) in [5, 5.41) is 1.03. The van der Waals surface area contributed by atoms with Gasteiger partial charge in [-0.3, -0.25) is 4.79 Å². The molecule has 4 heteroatoms. The molecule has 76 valence electrons. The largest absolute Gasteiger partial charge is 0.348 e. The van der Waals surface area contributed by atoms with E-state index in [-0.39, 0.29) is 0 Å². The summed E-state index contributed by atoms with van der Waals surface area (Å²) in [7, 11) is 0. The summed E-state index contributed by atoms with van der Waals surface area (Å²) < 4.78 is 0. The van der Waals surface area contributed by atoms with E-state index in [1.54, 1.807) is 0 Å². The summed E-state index contributed by atoms with van der Waals surface area (Å²) in [5.74, 6) is 0. The molecular formula is C10H14N2OS. The van der Waals surface area contributed by atoms with Crippen molar-refractivity contribution >= 4 is 22.8 Å². The Morgan fingerprint density at radius 2 is 2.21 bits per heavy atom. The molecule has 2 heterocycles. The van der Waals surface area contributed by atoms with E-state index in [1.165, 1.54) is 24.2 Å². The smallest absolute Gasteiger partial charge is 0.186 e. The maximum Gasteiger partial charge on any atom is 0.186 e. The van der Waals surface area contributed by atoms with E-state index in [0.29, 0.717) is 0 Å². The Kier molecular flexibility index (Phi) is 2.82. The summed E-state index contributed by atoms with van der Waals surface area (Å²) >= 11 is 1.53. The molecule has 1 aliphatic heterocycles. The molecular weight excluding hydrogens is 196 g/mol. The second-order valence-corrected chi connectivity index (χ2v) is 4.48. The van der Waals surface area contributed by atoms with Crippen LogP contribution in [-0.4, -0.2) is 24.4 Å². The van der Waals surface area contributed by atoms with Gasteiger partial charge in [0, 0.05) is 13.1 Å². The number of aldehydes is 1. The number of rotatable bonds is 3. The van der Waals surface area contributed by atoms with Gasteiger partial charge in [0.1, 0.15) is 0 Å². The zero-order valence-corrected chi connectivity index (χ0v) is 9.14. The lowest BCUT2D eigenvalue weighted by Crippen LogP contribution is -2.17. The molecule has 0 aromatic carbocycles. The highest BCUT2D eigenvalue weighted by Gasteiger charge is 2.17. The lowest BCUT2D eigenvalue weighted by atomic mass is 10.3. The minimum atomic E-state index is 0.800. The van der Waals surface area contributed by atoms with Crippen LogP contribution in [0.2, 0.25) is 0 Å². The Morgan fingerprint density at radius 3 is 2.71 bits per heavy atom. The van der Waals surface area contributed by atoms with Crippen molar-refractivity contribution in [1.29, 1.82) is 0 Å². The molecule has 0 radical (unpaired) electrons. The van der Waals surface area contributed by atoms with Gasteiger partial charge >= 0.3 is 0 Å². The molecule has 1 saturated heterocycles. The van der Waals surface area contributed by atoms with Crippen LogP contribution in [-0.2, 0) is 6.42 Å². The molecule has 1 aromatic heterocycles. The van der Waals surface area contributed by atoms with Gasteiger partial charge in [0.05, 0.1) is 10.6 Å². The number of aromatic nitrogens is 1. The Labute approximate surface area is 87.8 Å². The van der Waals surface area contributed by atoms with Crippen molar-refractivity contribution in [2.75, 3.05) is 18.0 Å². The van der Waals surface area contributed by atoms with Crippen molar-refractivity contribution in [3.63, 3.8) is 0 Å². The third kappa shape index (κ3) is 1.66. The maximum atomic E-state index is 10.8. The summed E-state index contributed by atoms with van der Waals surface area (Å²) in [4.78, 5) is 18.3. The van der Waals surface area contributed by atoms with Gasteiger partial charge in [0.15, 0.2) is 11.4 Å². The van der Waals surface area contributed by atoms with Crippen molar-refractivity contribution in [2.24, 2.45) is 0 Å². The average molecular weight is 210 g/mol. The van der Waals surface area contributed by atoms with E-state index in [0.717, 1.165) is 41.5 Å². The Hall–Kier alpha value is -0.900. The van der Waals surface area contributed by atoms with Gasteiger partial charge in [0.25, 0.3) is 0 Å². The van der Waals surface area contributed by atoms with Crippen LogP contribution in [0.15, 0.2) is 0 Å². The molecule has 2 rings (SSSR count). The van der Waals surface area contributed by atoms with Crippen molar-refractivity contribution in [2.45, 2.75) is 26.2 Å². The second kappa shape index (κ2) is 4.09. The molecule has 0 amide bonds. The molecule has 1 aliphatic rings. The van der Waals surface area contributed by atoms with Crippen LogP contribution in [0.5, 0.6) is 0 Å². The standard InChI is InChI=1S/C10H14N2OS/c1-2-8-9(7-13)14-10(11-8)12-5-3-4-6-12/h7H,2-6H2,1H3. The molecule has 3 nitrogen and oxygen atoms in total. The number of thiazole rings is 1. The predicted molar refractivity (Wildman–Crippen MR) is 58.3 cm³/mol. The summed E-state index contributed by atoms with van der Waals surface area (Å²) in [6.07, 6.45) is 4.27. The van der Waals surface area contributed by atoms with Crippen LogP contribution in [0.1, 0.15) is 35.1 Å². The monoisotopic (exact) mass is 210 g/mol. The van der Waals surface area contributed by atoms with Crippen LogP contribution in [0.4, 0.5) is 5.13 Å². The van der Waals surface area contributed by atoms with Crippen molar-refractivity contribution < 1.29 is 4.79 Å². The number of anilines is 1. The fraction of sp³-hybridized carbons (Fsp3) is 0.600. The SMILES string of the molecule is CCc1nc(N2CCCC2)sc1C=O. The highest BCUT2D eigenvalue weighted by Crippen LogP contribution is 2.27. The van der Waals surface area contributed by atoms with Crippen LogP contribution in [0.25, 0.3) is 0 Å². The molecule has 0 spiro atoms. The third-order valence-electron chi connectivity index (χ3n) is 2.53. The molecule has 0 aliphatic carbocycles. The molecule has 0 saturated carbocycles. The first-order valence-corrected chi connectivity index (χ1v) is 5.86. The molecule has 14 heavy (non-hydrogen) atoms. The summed E-state index contributed by atoms with van der Waals surface area (Å²) in [5.41, 5.74) is 0.951. The van der Waals surface area contributed by atoms with Crippen molar-refractivity contribution in [3.05, 3.63) is 10.6 Å². The first kappa shape index (κ1) is 9.65. The van der Waals surface area contributed by atoms with E-state index < -0.39 is 0 Å². The van der Waals surface area contributed by atoms with Gasteiger partial charge in [-0.2, -0.15) is 0 Å². The number of carbonyl (C=O) groups is 1. The fourth-order valence-corrected chi connectivity index (χ4v) is 2.76. The number of aryl methyl sites for hydroxylation is 1. The van der Waals surface area contributed by atoms with Gasteiger partial charge < -0.3 is 4.90 Å². The lowest BCUT2D eigenvalue weighted by Gasteiger charge is -2.11. The second-order valence-electron chi connectivity index (χ2n) is 3.47. The van der Waals surface area contributed by atoms with Crippen LogP contribution < -0.4 is 4.90 Å². The first-order chi connectivity index (χ1) is 6.85. The van der Waals surface area contributed by atoms with Gasteiger partial charge in [-0.15, -0.1) is 0 Å². The van der Waals surface area contributed by atoms with E-state index in [4.69, 9.17) is 0 Å². The van der Waals surface area contributed by atoms with Gasteiger partial charge in [-0.25, -0.2) is 4.98 Å². The average Bonchev–Trinajstić information content (AvgIpc) is 2.85. The first-order valence-electron chi connectivity index (χ1n) is 5.05. The van der Waals surface area contributed by atoms with E-state index >= 15 is 0 Å². The number of carbonyl (C=O) groups excluding carboxylic acids is 1. The highest BCUT2D eigenvalue weighted by atomic mass is 32.1. The minimum absolute atomic E-state index is 0.800. The minimum Gasteiger partial charge on any atom is -0.348 e. The van der Waals surface area contributed by atoms with Gasteiger partial charge in [-0.05, 0) is 19.3 Å². The van der Waals surface area contributed by atoms with Gasteiger partial charge in [0.2, 0.25) is 0 Å². The summed E-state index contributed by atoms with van der Waals surface area (Å²) in [6.45, 7) is 4.22. The van der Waals surface area contributed by atoms with E-state index in [1.807, 2.05) is 6.92 Å². The van der Waals surface area contributed by atoms with Crippen molar-refractivity contribution in [3.8, 4) is 0 Å². The maximum absolute atomic E-state index is 10.8. The third-order valence-corrected chi connectivity index (χ3v) is 3.62. The Balaban J connectivity index is 2.25. The highest BCUT2D eigenvalue weighted by molar-refractivity contribution is 7.17. The zero-order chi connectivity index (χ0) is 9.97. The summed E-state index contributed by atoms with van der Waals surface area (Å²) in [6, 6.07) is 0. The molecule has 0 unspecified atom stereocenters. The number of hydrogen-bond donors (Lipinski definition) is 0. The Morgan fingerprint density at radius 1 is 1.50 bits per heavy atom. The van der Waals surface area contributed by atoms with Gasteiger partial charge in [-0.1, -0.05) is 18.3 Å². The molecule has 1 fully saturated rings. The molecule has 0 bridgehead atoms. The zero-order valence-electron chi connectivity index (χ0n) is 8.32. The molecule has 0 atom stereocenters. The van der Waals surface area contributed by atoms with Crippen LogP contribution >= 0.6 is 11.3 Å². The van der Waals surface area contributed by atoms with Crippen molar-refractivity contribution in [1.82, 2.24) is 4.98 Å². The molecule has 0 N–H and O–H groups in total. The Bertz CT molecular complexity index is 329. The van der Waals surface area contributed by atoms with Crippen LogP contribution in [0.3, 0.4) is 0 Å². The predicted octanol–water partition coefficient (Wildman–Crippen LogP) is 2.12. The normalized spacial score (nSPS) is 16.2. The quantitative estimate of drug-likeness (QED) is 0.716. The van der Waals surface area contributed by atoms with E-state index in [9.17, 15) is 4.79 Å². The van der Waals surface area contributed by atoms with E-state index in [2.05, 4.69) is 9.88 Å². The topological polar surface area (TPSA) is 33.2 Å².